The average Bonchev–Trinajstić information content (AvgIpc) is 2.91. The Bertz CT molecular complexity index is 358. The first-order valence-corrected chi connectivity index (χ1v) is 8.56. The summed E-state index contributed by atoms with van der Waals surface area (Å²) in [4.78, 5) is 24.9. The highest BCUT2D eigenvalue weighted by Gasteiger charge is 2.29. The van der Waals surface area contributed by atoms with E-state index < -0.39 is 5.97 Å². The molecule has 2 aliphatic rings. The van der Waals surface area contributed by atoms with Gasteiger partial charge in [-0.05, 0) is 36.9 Å². The summed E-state index contributed by atoms with van der Waals surface area (Å²) in [6, 6.07) is 0.342. The fraction of sp³-hybridized carbons (Fsp3) is 0.857. The number of carboxylic acids is 1. The molecular weight excluding hydrogens is 276 g/mol. The van der Waals surface area contributed by atoms with Gasteiger partial charge in [-0.3, -0.25) is 4.79 Å². The monoisotopic (exact) mass is 300 g/mol. The van der Waals surface area contributed by atoms with Crippen molar-refractivity contribution < 1.29 is 14.7 Å². The second-order valence-electron chi connectivity index (χ2n) is 5.93. The van der Waals surface area contributed by atoms with Gasteiger partial charge in [0.05, 0.1) is 0 Å². The van der Waals surface area contributed by atoms with E-state index in [-0.39, 0.29) is 18.4 Å². The zero-order valence-corrected chi connectivity index (χ0v) is 12.8. The molecule has 3 unspecified atom stereocenters. The van der Waals surface area contributed by atoms with E-state index in [1.165, 1.54) is 0 Å². The summed E-state index contributed by atoms with van der Waals surface area (Å²) in [6.07, 6.45) is 3.25. The number of nitrogens with one attached hydrogen (secondary N) is 1. The van der Waals surface area contributed by atoms with Crippen LogP contribution in [0.15, 0.2) is 0 Å². The molecule has 114 valence electrons. The van der Waals surface area contributed by atoms with Crippen LogP contribution in [-0.4, -0.2) is 52.6 Å². The number of piperidine rings is 1. The summed E-state index contributed by atoms with van der Waals surface area (Å²) in [5, 5.41) is 12.0. The van der Waals surface area contributed by atoms with Crippen LogP contribution in [0.25, 0.3) is 0 Å². The van der Waals surface area contributed by atoms with Crippen LogP contribution >= 0.6 is 11.8 Å². The van der Waals surface area contributed by atoms with Crippen molar-refractivity contribution in [1.82, 2.24) is 10.2 Å². The molecule has 2 N–H and O–H groups in total. The van der Waals surface area contributed by atoms with Crippen LogP contribution in [0.4, 0.5) is 4.79 Å². The fourth-order valence-corrected chi connectivity index (χ4v) is 4.17. The Hall–Kier alpha value is -0.910. The van der Waals surface area contributed by atoms with Gasteiger partial charge in [0.15, 0.2) is 0 Å². The Balaban J connectivity index is 1.82. The number of rotatable bonds is 4. The highest BCUT2D eigenvalue weighted by atomic mass is 32.2. The molecule has 5 nitrogen and oxygen atoms in total. The van der Waals surface area contributed by atoms with Gasteiger partial charge in [0.2, 0.25) is 0 Å². The van der Waals surface area contributed by atoms with E-state index in [0.717, 1.165) is 37.3 Å². The van der Waals surface area contributed by atoms with Gasteiger partial charge in [-0.15, -0.1) is 0 Å². The van der Waals surface area contributed by atoms with E-state index in [2.05, 4.69) is 5.32 Å². The maximum absolute atomic E-state index is 12.2. The van der Waals surface area contributed by atoms with Gasteiger partial charge in [0.1, 0.15) is 0 Å². The molecule has 2 fully saturated rings. The Kier molecular flexibility index (Phi) is 5.57. The normalized spacial score (nSPS) is 28.1. The van der Waals surface area contributed by atoms with E-state index in [1.54, 1.807) is 0 Å². The predicted molar refractivity (Wildman–Crippen MR) is 80.0 cm³/mol. The predicted octanol–water partition coefficient (Wildman–Crippen LogP) is 2.02. The first kappa shape index (κ1) is 15.5. The van der Waals surface area contributed by atoms with Gasteiger partial charge in [0.25, 0.3) is 0 Å². The van der Waals surface area contributed by atoms with E-state index in [9.17, 15) is 9.59 Å². The minimum Gasteiger partial charge on any atom is -0.481 e. The third-order valence-corrected chi connectivity index (χ3v) is 5.47. The van der Waals surface area contributed by atoms with Crippen LogP contribution in [0.2, 0.25) is 0 Å². The summed E-state index contributed by atoms with van der Waals surface area (Å²) < 4.78 is 0. The number of amides is 2. The van der Waals surface area contributed by atoms with Crippen molar-refractivity contribution in [2.45, 2.75) is 38.6 Å². The van der Waals surface area contributed by atoms with E-state index in [1.807, 2.05) is 23.6 Å². The molecule has 0 aromatic heterocycles. The van der Waals surface area contributed by atoms with Gasteiger partial charge in [-0.25, -0.2) is 4.79 Å². The SMILES string of the molecule is CC(CC(=O)O)C1CCCN(C(=O)NC2CCSC2)C1. The quantitative estimate of drug-likeness (QED) is 0.833. The van der Waals surface area contributed by atoms with Crippen LogP contribution in [0, 0.1) is 11.8 Å². The van der Waals surface area contributed by atoms with E-state index in [0.29, 0.717) is 18.5 Å². The lowest BCUT2D eigenvalue weighted by Crippen LogP contribution is -2.49. The maximum atomic E-state index is 12.2. The van der Waals surface area contributed by atoms with Crippen LogP contribution in [0.3, 0.4) is 0 Å². The number of carbonyl (C=O) groups is 2. The number of likely N-dealkylation sites (tertiary alicyclic amines) is 1. The van der Waals surface area contributed by atoms with Gasteiger partial charge in [0, 0.05) is 31.3 Å². The molecule has 0 radical (unpaired) electrons. The lowest BCUT2D eigenvalue weighted by atomic mass is 9.85. The molecule has 2 saturated heterocycles. The molecule has 3 atom stereocenters. The molecule has 0 aliphatic carbocycles. The molecule has 6 heteroatoms. The van der Waals surface area contributed by atoms with Crippen LogP contribution in [-0.2, 0) is 4.79 Å². The summed E-state index contributed by atoms with van der Waals surface area (Å²) in [5.74, 6) is 1.83. The first-order valence-electron chi connectivity index (χ1n) is 7.41. The zero-order valence-electron chi connectivity index (χ0n) is 12.0. The topological polar surface area (TPSA) is 69.6 Å². The molecule has 0 spiro atoms. The third kappa shape index (κ3) is 4.30. The zero-order chi connectivity index (χ0) is 14.5. The Morgan fingerprint density at radius 2 is 2.25 bits per heavy atom. The van der Waals surface area contributed by atoms with Crippen molar-refractivity contribution in [3.8, 4) is 0 Å². The van der Waals surface area contributed by atoms with E-state index in [4.69, 9.17) is 5.11 Å². The molecule has 0 bridgehead atoms. The summed E-state index contributed by atoms with van der Waals surface area (Å²) in [7, 11) is 0. The number of hydrogen-bond acceptors (Lipinski definition) is 3. The summed E-state index contributed by atoms with van der Waals surface area (Å²) in [6.45, 7) is 3.47. The molecule has 0 aromatic rings. The number of urea groups is 1. The van der Waals surface area contributed by atoms with E-state index >= 15 is 0 Å². The number of nitrogens with zero attached hydrogens (tertiary/aromatic N) is 1. The lowest BCUT2D eigenvalue weighted by molar-refractivity contribution is -0.138. The second-order valence-corrected chi connectivity index (χ2v) is 7.08. The smallest absolute Gasteiger partial charge is 0.317 e. The average molecular weight is 300 g/mol. The standard InChI is InChI=1S/C14H24N2O3S/c1-10(7-13(17)18)11-3-2-5-16(8-11)14(19)15-12-4-6-20-9-12/h10-12H,2-9H2,1H3,(H,15,19)(H,17,18). The first-order chi connectivity index (χ1) is 9.56. The molecule has 0 saturated carbocycles. The highest BCUT2D eigenvalue weighted by molar-refractivity contribution is 7.99. The number of aliphatic carboxylic acids is 1. The van der Waals surface area contributed by atoms with Crippen molar-refractivity contribution in [3.05, 3.63) is 0 Å². The molecule has 2 amide bonds. The Morgan fingerprint density at radius 1 is 1.45 bits per heavy atom. The molecule has 20 heavy (non-hydrogen) atoms. The van der Waals surface area contributed by atoms with Crippen LogP contribution in [0.5, 0.6) is 0 Å². The Labute approximate surface area is 124 Å². The third-order valence-electron chi connectivity index (χ3n) is 4.30. The van der Waals surface area contributed by atoms with Gasteiger partial charge >= 0.3 is 12.0 Å². The van der Waals surface area contributed by atoms with Gasteiger partial charge in [-0.1, -0.05) is 6.92 Å². The highest BCUT2D eigenvalue weighted by Crippen LogP contribution is 2.26. The number of carboxylic acid groups (broad SMARTS) is 1. The Morgan fingerprint density at radius 3 is 2.90 bits per heavy atom. The largest absolute Gasteiger partial charge is 0.481 e. The fourth-order valence-electron chi connectivity index (χ4n) is 3.02. The van der Waals surface area contributed by atoms with Crippen molar-refractivity contribution >= 4 is 23.8 Å². The van der Waals surface area contributed by atoms with Crippen molar-refractivity contribution in [2.75, 3.05) is 24.6 Å². The number of carbonyl (C=O) groups excluding carboxylic acids is 1. The van der Waals surface area contributed by atoms with Gasteiger partial charge in [-0.2, -0.15) is 11.8 Å². The second kappa shape index (κ2) is 7.20. The molecular formula is C14H24N2O3S. The van der Waals surface area contributed by atoms with Crippen LogP contribution < -0.4 is 5.32 Å². The molecule has 0 aromatic carbocycles. The molecule has 2 heterocycles. The maximum Gasteiger partial charge on any atom is 0.317 e. The molecule has 2 rings (SSSR count). The summed E-state index contributed by atoms with van der Waals surface area (Å²) in [5.41, 5.74) is 0. The lowest BCUT2D eigenvalue weighted by Gasteiger charge is -2.36. The van der Waals surface area contributed by atoms with Crippen LogP contribution in [0.1, 0.15) is 32.6 Å². The minimum atomic E-state index is -0.748. The van der Waals surface area contributed by atoms with Crippen molar-refractivity contribution in [2.24, 2.45) is 11.8 Å². The number of hydrogen-bond donors (Lipinski definition) is 2. The number of thioether (sulfide) groups is 1. The minimum absolute atomic E-state index is 0.0322. The summed E-state index contributed by atoms with van der Waals surface area (Å²) >= 11 is 1.88. The molecule has 2 aliphatic heterocycles. The van der Waals surface area contributed by atoms with Crippen molar-refractivity contribution in [1.29, 1.82) is 0 Å². The van der Waals surface area contributed by atoms with Gasteiger partial charge < -0.3 is 15.3 Å². The van der Waals surface area contributed by atoms with Crippen molar-refractivity contribution in [3.63, 3.8) is 0 Å².